The van der Waals surface area contributed by atoms with Gasteiger partial charge in [0.05, 0.1) is 32.5 Å². The van der Waals surface area contributed by atoms with Crippen molar-refractivity contribution in [1.82, 2.24) is 10.5 Å². The second kappa shape index (κ2) is 15.4. The molecule has 1 saturated heterocycles. The molecule has 0 radical (unpaired) electrons. The zero-order valence-electron chi connectivity index (χ0n) is 18.7. The standard InChI is InChI=1S/C15H20N2O2.C7H15NO5/c1-4-5-6-7-10-16-15(18)17-14-9-8-13(19-3)11-12(14)2;9-6-3-5(1-2-8(11)12)13-4-7(6)10/h1,8-9,11H,5-7,10H2,2-3H3,(H2,16,17,18);5-7,9-12H,1-4H2. The van der Waals surface area contributed by atoms with Gasteiger partial charge < -0.3 is 30.3 Å². The summed E-state index contributed by atoms with van der Waals surface area (Å²) in [6.07, 6.45) is 6.64. The van der Waals surface area contributed by atoms with Crippen LogP contribution in [-0.4, -0.2) is 77.0 Å². The van der Waals surface area contributed by atoms with Crippen molar-refractivity contribution in [3.63, 3.8) is 0 Å². The lowest BCUT2D eigenvalue weighted by Crippen LogP contribution is -2.42. The molecule has 2 amide bonds. The van der Waals surface area contributed by atoms with Crippen molar-refractivity contribution in [2.45, 2.75) is 57.3 Å². The van der Waals surface area contributed by atoms with Gasteiger partial charge in [0.15, 0.2) is 0 Å². The smallest absolute Gasteiger partial charge is 0.319 e. The van der Waals surface area contributed by atoms with Crippen LogP contribution in [0.25, 0.3) is 0 Å². The summed E-state index contributed by atoms with van der Waals surface area (Å²) < 4.78 is 10.3. The first-order chi connectivity index (χ1) is 15.3. The van der Waals surface area contributed by atoms with Gasteiger partial charge in [0, 0.05) is 25.1 Å². The number of unbranched alkanes of at least 4 members (excludes halogenated alkanes) is 2. The highest BCUT2D eigenvalue weighted by atomic mass is 16.8. The molecular formula is C22H35N3O7. The molecule has 6 N–H and O–H groups in total. The number of ether oxygens (including phenoxy) is 2. The number of nitrogens with zero attached hydrogens (tertiary/aromatic N) is 1. The summed E-state index contributed by atoms with van der Waals surface area (Å²) in [6, 6.07) is 5.32. The Morgan fingerprint density at radius 1 is 1.31 bits per heavy atom. The highest BCUT2D eigenvalue weighted by Gasteiger charge is 2.28. The van der Waals surface area contributed by atoms with Crippen molar-refractivity contribution in [2.24, 2.45) is 0 Å². The van der Waals surface area contributed by atoms with E-state index in [0.29, 0.717) is 19.4 Å². The lowest BCUT2D eigenvalue weighted by Gasteiger charge is -2.30. The molecule has 3 atom stereocenters. The maximum Gasteiger partial charge on any atom is 0.319 e. The van der Waals surface area contributed by atoms with Crippen molar-refractivity contribution in [1.29, 1.82) is 0 Å². The Morgan fingerprint density at radius 2 is 2.06 bits per heavy atom. The van der Waals surface area contributed by atoms with Crippen molar-refractivity contribution in [2.75, 3.05) is 32.1 Å². The molecule has 32 heavy (non-hydrogen) atoms. The lowest BCUT2D eigenvalue weighted by molar-refractivity contribution is -0.309. The van der Waals surface area contributed by atoms with E-state index >= 15 is 0 Å². The summed E-state index contributed by atoms with van der Waals surface area (Å²) >= 11 is 0. The van der Waals surface area contributed by atoms with Gasteiger partial charge in [0.25, 0.3) is 0 Å². The van der Waals surface area contributed by atoms with E-state index in [9.17, 15) is 9.90 Å². The summed E-state index contributed by atoms with van der Waals surface area (Å²) in [6.45, 7) is 2.71. The van der Waals surface area contributed by atoms with Gasteiger partial charge in [-0.15, -0.1) is 12.3 Å². The molecule has 180 valence electrons. The fourth-order valence-electron chi connectivity index (χ4n) is 2.92. The van der Waals surface area contributed by atoms with Gasteiger partial charge in [-0.1, -0.05) is 5.23 Å². The second-order valence-corrected chi connectivity index (χ2v) is 7.43. The number of hydrogen-bond acceptors (Lipinski definition) is 8. The number of carbonyl (C=O) groups excluding carboxylic acids is 1. The number of aliphatic hydroxyl groups is 2. The average molecular weight is 454 g/mol. The zero-order valence-corrected chi connectivity index (χ0v) is 18.7. The van der Waals surface area contributed by atoms with Crippen LogP contribution < -0.4 is 15.4 Å². The minimum absolute atomic E-state index is 0.0630. The number of terminal acetylenes is 1. The quantitative estimate of drug-likeness (QED) is 0.189. The Hall–Kier alpha value is -2.39. The van der Waals surface area contributed by atoms with E-state index in [4.69, 9.17) is 31.4 Å². The fraction of sp³-hybridized carbons (Fsp3) is 0.591. The Kier molecular flexibility index (Phi) is 13.3. The summed E-state index contributed by atoms with van der Waals surface area (Å²) in [5.74, 6) is 3.35. The highest BCUT2D eigenvalue weighted by molar-refractivity contribution is 5.90. The van der Waals surface area contributed by atoms with Crippen LogP contribution in [0.5, 0.6) is 5.75 Å². The molecule has 10 nitrogen and oxygen atoms in total. The Balaban J connectivity index is 0.000000343. The van der Waals surface area contributed by atoms with E-state index in [1.807, 2.05) is 25.1 Å². The second-order valence-electron chi connectivity index (χ2n) is 7.43. The monoisotopic (exact) mass is 453 g/mol. The molecule has 0 aliphatic carbocycles. The number of aryl methyl sites for hydroxylation is 1. The van der Waals surface area contributed by atoms with Crippen LogP contribution in [0, 0.1) is 19.3 Å². The number of urea groups is 1. The first-order valence-electron chi connectivity index (χ1n) is 10.5. The van der Waals surface area contributed by atoms with E-state index in [1.165, 1.54) is 0 Å². The van der Waals surface area contributed by atoms with E-state index in [1.54, 1.807) is 7.11 Å². The Labute approximate surface area is 189 Å². The fourth-order valence-corrected chi connectivity index (χ4v) is 2.92. The first kappa shape index (κ1) is 27.6. The normalized spacial score (nSPS) is 20.0. The van der Waals surface area contributed by atoms with Crippen molar-refractivity contribution in [3.8, 4) is 18.1 Å². The molecule has 1 aromatic rings. The maximum atomic E-state index is 11.7. The van der Waals surface area contributed by atoms with Gasteiger partial charge in [-0.3, -0.25) is 10.4 Å². The van der Waals surface area contributed by atoms with Crippen LogP contribution in [-0.2, 0) is 4.74 Å². The topological polar surface area (TPSA) is 144 Å². The SMILES string of the molecule is C#CCCCCNC(=O)Nc1ccc(OC)cc1C.OC1COC(CCN(O)O)CC1O. The van der Waals surface area contributed by atoms with E-state index in [2.05, 4.69) is 16.6 Å². The number of methoxy groups -OCH3 is 1. The van der Waals surface area contributed by atoms with Crippen LogP contribution in [0.2, 0.25) is 0 Å². The summed E-state index contributed by atoms with van der Waals surface area (Å²) in [7, 11) is 1.62. The van der Waals surface area contributed by atoms with Crippen LogP contribution in [0.15, 0.2) is 18.2 Å². The summed E-state index contributed by atoms with van der Waals surface area (Å²) in [4.78, 5) is 11.7. The molecule has 0 aromatic heterocycles. The maximum absolute atomic E-state index is 11.7. The number of nitrogens with one attached hydrogen (secondary N) is 2. The molecule has 1 aliphatic rings. The summed E-state index contributed by atoms with van der Waals surface area (Å²) in [5.41, 5.74) is 1.74. The van der Waals surface area contributed by atoms with E-state index in [-0.39, 0.29) is 30.5 Å². The number of hydrogen-bond donors (Lipinski definition) is 6. The minimum atomic E-state index is -0.824. The molecule has 1 fully saturated rings. The molecule has 1 aromatic carbocycles. The molecule has 1 heterocycles. The van der Waals surface area contributed by atoms with E-state index < -0.39 is 12.2 Å². The number of amides is 2. The van der Waals surface area contributed by atoms with Gasteiger partial charge in [-0.2, -0.15) is 0 Å². The van der Waals surface area contributed by atoms with Gasteiger partial charge in [0.1, 0.15) is 11.9 Å². The number of hydroxylamine groups is 2. The third-order valence-corrected chi connectivity index (χ3v) is 4.82. The Bertz CT molecular complexity index is 724. The molecule has 2 rings (SSSR count). The van der Waals surface area contributed by atoms with Gasteiger partial charge in [0.2, 0.25) is 0 Å². The van der Waals surface area contributed by atoms with Gasteiger partial charge >= 0.3 is 6.03 Å². The van der Waals surface area contributed by atoms with Crippen LogP contribution in [0.3, 0.4) is 0 Å². The minimum Gasteiger partial charge on any atom is -0.497 e. The predicted molar refractivity (Wildman–Crippen MR) is 119 cm³/mol. The molecule has 3 unspecified atom stereocenters. The van der Waals surface area contributed by atoms with Crippen molar-refractivity contribution in [3.05, 3.63) is 23.8 Å². The number of benzene rings is 1. The third-order valence-electron chi connectivity index (χ3n) is 4.82. The van der Waals surface area contributed by atoms with Crippen LogP contribution >= 0.6 is 0 Å². The number of anilines is 1. The Morgan fingerprint density at radius 3 is 2.66 bits per heavy atom. The molecule has 10 heteroatoms. The number of carbonyl (C=O) groups is 1. The molecule has 0 saturated carbocycles. The van der Waals surface area contributed by atoms with Gasteiger partial charge in [-0.05, 0) is 49.9 Å². The first-order valence-corrected chi connectivity index (χ1v) is 10.5. The van der Waals surface area contributed by atoms with Gasteiger partial charge in [-0.25, -0.2) is 4.79 Å². The van der Waals surface area contributed by atoms with E-state index in [0.717, 1.165) is 36.3 Å². The zero-order chi connectivity index (χ0) is 23.9. The van der Waals surface area contributed by atoms with Crippen molar-refractivity contribution >= 4 is 11.7 Å². The van der Waals surface area contributed by atoms with Crippen molar-refractivity contribution < 1.29 is 34.9 Å². The molecule has 1 aliphatic heterocycles. The highest BCUT2D eigenvalue weighted by Crippen LogP contribution is 2.20. The third kappa shape index (κ3) is 11.3. The van der Waals surface area contributed by atoms with Crippen LogP contribution in [0.4, 0.5) is 10.5 Å². The number of rotatable bonds is 9. The van der Waals surface area contributed by atoms with Crippen LogP contribution in [0.1, 0.15) is 37.7 Å². The summed E-state index contributed by atoms with van der Waals surface area (Å²) in [5, 5.41) is 40.9. The molecule has 0 spiro atoms. The largest absolute Gasteiger partial charge is 0.497 e. The average Bonchev–Trinajstić information content (AvgIpc) is 2.76. The molecular weight excluding hydrogens is 418 g/mol. The predicted octanol–water partition coefficient (Wildman–Crippen LogP) is 1.90. The lowest BCUT2D eigenvalue weighted by atomic mass is 10.0. The molecule has 0 bridgehead atoms. The number of aliphatic hydroxyl groups excluding tert-OH is 2.